The summed E-state index contributed by atoms with van der Waals surface area (Å²) >= 11 is 0. The van der Waals surface area contributed by atoms with Crippen molar-refractivity contribution in [3.63, 3.8) is 0 Å². The maximum atomic E-state index is 13.5. The van der Waals surface area contributed by atoms with Gasteiger partial charge in [-0.15, -0.1) is 0 Å². The molecule has 4 aliphatic rings. The second-order valence-corrected chi connectivity index (χ2v) is 9.70. The zero-order valence-corrected chi connectivity index (χ0v) is 18.6. The largest absolute Gasteiger partial charge is 0.466 e. The highest BCUT2D eigenvalue weighted by atomic mass is 16.5. The van der Waals surface area contributed by atoms with Gasteiger partial charge in [0.05, 0.1) is 25.2 Å². The Hall–Kier alpha value is -1.86. The molecule has 0 bridgehead atoms. The molecule has 2 saturated heterocycles. The molecule has 3 atom stereocenters. The van der Waals surface area contributed by atoms with Gasteiger partial charge in [-0.1, -0.05) is 0 Å². The summed E-state index contributed by atoms with van der Waals surface area (Å²) in [5, 5.41) is 0. The molecule has 2 aliphatic heterocycles. The van der Waals surface area contributed by atoms with E-state index in [1.54, 1.807) is 0 Å². The van der Waals surface area contributed by atoms with Gasteiger partial charge in [0.1, 0.15) is 5.69 Å². The number of carbonyl (C=O) groups excluding carboxylic acids is 2. The third-order valence-corrected chi connectivity index (χ3v) is 7.95. The van der Waals surface area contributed by atoms with Crippen LogP contribution >= 0.6 is 0 Å². The molecule has 0 aromatic carbocycles. The molecular weight excluding hydrogens is 394 g/mol. The molecule has 5 rings (SSSR count). The number of hydrogen-bond donors (Lipinski definition) is 0. The number of nitrogens with zero attached hydrogens (tertiary/aromatic N) is 3. The van der Waals surface area contributed by atoms with E-state index in [-0.39, 0.29) is 17.8 Å². The van der Waals surface area contributed by atoms with E-state index >= 15 is 0 Å². The van der Waals surface area contributed by atoms with Crippen molar-refractivity contribution in [3.05, 3.63) is 24.0 Å². The number of aromatic nitrogens is 1. The van der Waals surface area contributed by atoms with Gasteiger partial charge in [0.25, 0.3) is 5.91 Å². The SMILES string of the molecule is CCOC(=O)[C@@]12CC[C@@H](N3CCOCC3)C[C@H]1CCN(C(=O)c1cccn1C1CC1)C2. The molecule has 2 saturated carbocycles. The maximum Gasteiger partial charge on any atom is 0.314 e. The van der Waals surface area contributed by atoms with Crippen molar-refractivity contribution in [1.29, 1.82) is 0 Å². The molecule has 1 aromatic heterocycles. The number of ether oxygens (including phenoxy) is 2. The summed E-state index contributed by atoms with van der Waals surface area (Å²) in [6.45, 7) is 7.02. The van der Waals surface area contributed by atoms with Crippen LogP contribution in [0.1, 0.15) is 62.0 Å². The Balaban J connectivity index is 1.35. The van der Waals surface area contributed by atoms with Gasteiger partial charge >= 0.3 is 5.97 Å². The fourth-order valence-electron chi connectivity index (χ4n) is 6.10. The van der Waals surface area contributed by atoms with Crippen molar-refractivity contribution in [2.45, 2.75) is 57.5 Å². The van der Waals surface area contributed by atoms with Crippen molar-refractivity contribution in [2.75, 3.05) is 46.0 Å². The summed E-state index contributed by atoms with van der Waals surface area (Å²) in [6.07, 6.45) is 7.97. The van der Waals surface area contributed by atoms with Crippen LogP contribution in [0.15, 0.2) is 18.3 Å². The lowest BCUT2D eigenvalue weighted by atomic mass is 9.61. The highest BCUT2D eigenvalue weighted by molar-refractivity contribution is 5.93. The Morgan fingerprint density at radius 3 is 2.68 bits per heavy atom. The minimum absolute atomic E-state index is 0.0642. The monoisotopic (exact) mass is 429 g/mol. The molecule has 7 heteroatoms. The molecule has 31 heavy (non-hydrogen) atoms. The molecule has 170 valence electrons. The summed E-state index contributed by atoms with van der Waals surface area (Å²) < 4.78 is 13.3. The van der Waals surface area contributed by atoms with Crippen LogP contribution in [0, 0.1) is 11.3 Å². The summed E-state index contributed by atoms with van der Waals surface area (Å²) in [5.74, 6) is 0.234. The average Bonchev–Trinajstić information content (AvgIpc) is 3.54. The van der Waals surface area contributed by atoms with Crippen LogP contribution in [0.5, 0.6) is 0 Å². The zero-order chi connectivity index (χ0) is 21.4. The molecule has 3 heterocycles. The molecule has 1 amide bonds. The Morgan fingerprint density at radius 1 is 1.13 bits per heavy atom. The Morgan fingerprint density at radius 2 is 1.94 bits per heavy atom. The number of hydrogen-bond acceptors (Lipinski definition) is 5. The van der Waals surface area contributed by atoms with Gasteiger partial charge in [-0.2, -0.15) is 0 Å². The smallest absolute Gasteiger partial charge is 0.314 e. The number of likely N-dealkylation sites (tertiary alicyclic amines) is 1. The second kappa shape index (κ2) is 8.58. The van der Waals surface area contributed by atoms with E-state index in [4.69, 9.17) is 9.47 Å². The van der Waals surface area contributed by atoms with Crippen molar-refractivity contribution in [3.8, 4) is 0 Å². The standard InChI is InChI=1S/C24H35N3O4/c1-2-31-23(29)24-9-7-20(25-12-14-30-15-13-25)16-18(24)8-11-26(17-24)22(28)21-4-3-10-27(21)19-5-6-19/h3-4,10,18-20H,2,5-9,11-17H2,1H3/t18-,20-,24-/m1/s1. The predicted molar refractivity (Wildman–Crippen MR) is 116 cm³/mol. The molecule has 7 nitrogen and oxygen atoms in total. The van der Waals surface area contributed by atoms with Crippen LogP contribution in [0.25, 0.3) is 0 Å². The first-order valence-corrected chi connectivity index (χ1v) is 12.1. The maximum absolute atomic E-state index is 13.5. The van der Waals surface area contributed by atoms with Crippen molar-refractivity contribution in [1.82, 2.24) is 14.4 Å². The van der Waals surface area contributed by atoms with Crippen LogP contribution < -0.4 is 0 Å². The highest BCUT2D eigenvalue weighted by Gasteiger charge is 2.54. The summed E-state index contributed by atoms with van der Waals surface area (Å²) in [4.78, 5) is 31.2. The number of morpholine rings is 1. The molecule has 0 radical (unpaired) electrons. The first kappa shape index (κ1) is 21.0. The lowest BCUT2D eigenvalue weighted by Gasteiger charge is -2.52. The van der Waals surface area contributed by atoms with Crippen molar-refractivity contribution in [2.24, 2.45) is 11.3 Å². The Bertz CT molecular complexity index is 814. The lowest BCUT2D eigenvalue weighted by Crippen LogP contribution is -2.59. The molecule has 0 N–H and O–H groups in total. The third kappa shape index (κ3) is 3.91. The van der Waals surface area contributed by atoms with Crippen LogP contribution in [0.4, 0.5) is 0 Å². The molecule has 1 aromatic rings. The van der Waals surface area contributed by atoms with Crippen LogP contribution in [-0.2, 0) is 14.3 Å². The topological polar surface area (TPSA) is 64.0 Å². The quantitative estimate of drug-likeness (QED) is 0.674. The van der Waals surface area contributed by atoms with E-state index in [0.717, 1.165) is 77.1 Å². The van der Waals surface area contributed by atoms with Crippen LogP contribution in [-0.4, -0.2) is 78.3 Å². The minimum atomic E-state index is -0.566. The van der Waals surface area contributed by atoms with Gasteiger partial charge in [-0.3, -0.25) is 14.5 Å². The van der Waals surface area contributed by atoms with Crippen molar-refractivity contribution < 1.29 is 19.1 Å². The summed E-state index contributed by atoms with van der Waals surface area (Å²) in [5.41, 5.74) is 0.200. The normalized spacial score (nSPS) is 31.8. The van der Waals surface area contributed by atoms with Gasteiger partial charge in [-0.25, -0.2) is 0 Å². The second-order valence-electron chi connectivity index (χ2n) is 9.70. The van der Waals surface area contributed by atoms with Crippen LogP contribution in [0.2, 0.25) is 0 Å². The minimum Gasteiger partial charge on any atom is -0.466 e. The predicted octanol–water partition coefficient (Wildman–Crippen LogP) is 2.72. The Labute approximate surface area is 184 Å². The lowest BCUT2D eigenvalue weighted by molar-refractivity contribution is -0.168. The van der Waals surface area contributed by atoms with Crippen molar-refractivity contribution >= 4 is 11.9 Å². The first-order chi connectivity index (χ1) is 15.1. The fourth-order valence-corrected chi connectivity index (χ4v) is 6.10. The van der Waals surface area contributed by atoms with E-state index < -0.39 is 5.41 Å². The number of amides is 1. The average molecular weight is 430 g/mol. The molecule has 2 aliphatic carbocycles. The van der Waals surface area contributed by atoms with Gasteiger partial charge in [0, 0.05) is 44.5 Å². The third-order valence-electron chi connectivity index (χ3n) is 7.95. The zero-order valence-electron chi connectivity index (χ0n) is 18.6. The number of carbonyl (C=O) groups is 2. The summed E-state index contributed by atoms with van der Waals surface area (Å²) in [7, 11) is 0. The first-order valence-electron chi connectivity index (χ1n) is 12.1. The molecule has 0 unspecified atom stereocenters. The van der Waals surface area contributed by atoms with Gasteiger partial charge in [0.2, 0.25) is 0 Å². The Kier molecular flexibility index (Phi) is 5.82. The van der Waals surface area contributed by atoms with E-state index in [1.807, 2.05) is 30.2 Å². The van der Waals surface area contributed by atoms with E-state index in [0.29, 0.717) is 25.2 Å². The highest BCUT2D eigenvalue weighted by Crippen LogP contribution is 2.49. The summed E-state index contributed by atoms with van der Waals surface area (Å²) in [6, 6.07) is 4.87. The van der Waals surface area contributed by atoms with E-state index in [1.165, 1.54) is 0 Å². The number of piperidine rings is 1. The fraction of sp³-hybridized carbons (Fsp3) is 0.750. The molecule has 0 spiro atoms. The number of fused-ring (bicyclic) bond motifs is 1. The van der Waals surface area contributed by atoms with Gasteiger partial charge < -0.3 is 18.9 Å². The van der Waals surface area contributed by atoms with Gasteiger partial charge in [0.15, 0.2) is 0 Å². The number of rotatable bonds is 5. The number of esters is 1. The van der Waals surface area contributed by atoms with E-state index in [2.05, 4.69) is 9.47 Å². The molecular formula is C24H35N3O4. The van der Waals surface area contributed by atoms with Gasteiger partial charge in [-0.05, 0) is 63.5 Å². The molecule has 4 fully saturated rings. The van der Waals surface area contributed by atoms with E-state index in [9.17, 15) is 9.59 Å². The van der Waals surface area contributed by atoms with Crippen LogP contribution in [0.3, 0.4) is 0 Å².